The second kappa shape index (κ2) is 10.5. The lowest BCUT2D eigenvalue weighted by atomic mass is 9.70. The molecule has 0 amide bonds. The summed E-state index contributed by atoms with van der Waals surface area (Å²) in [5.74, 6) is -0.258. The highest BCUT2D eigenvalue weighted by Crippen LogP contribution is 2.42. The van der Waals surface area contributed by atoms with Crippen LogP contribution in [0.5, 0.6) is 5.75 Å². The van der Waals surface area contributed by atoms with Crippen LogP contribution in [0.4, 0.5) is 13.2 Å². The molecule has 1 aliphatic heterocycles. The van der Waals surface area contributed by atoms with Crippen molar-refractivity contribution >= 4 is 17.5 Å². The van der Waals surface area contributed by atoms with E-state index in [0.29, 0.717) is 6.42 Å². The highest BCUT2D eigenvalue weighted by molar-refractivity contribution is 7.98. The Morgan fingerprint density at radius 3 is 2.48 bits per heavy atom. The summed E-state index contributed by atoms with van der Waals surface area (Å²) in [5, 5.41) is 0. The lowest BCUT2D eigenvalue weighted by Crippen LogP contribution is -2.51. The minimum absolute atomic E-state index is 0.0291. The van der Waals surface area contributed by atoms with Crippen molar-refractivity contribution in [2.24, 2.45) is 0 Å². The standard InChI is InChI=1S/C25H30F3NO3S/c1-29-15-19(31-2)14-24(16-29,17-8-6-5-7-9-17)11-10-20(30)23-21(32-3)12-18(25(26,27)28)13-22(23)33-4/h5-9,12-13,19H,10-11,14-16H2,1-4H3/t19-,24+/m0/s1. The third-order valence-electron chi connectivity index (χ3n) is 6.37. The Labute approximate surface area is 197 Å². The number of hydrogen-bond acceptors (Lipinski definition) is 5. The zero-order chi connectivity index (χ0) is 24.2. The molecule has 1 heterocycles. The number of Topliss-reactive ketones (excluding diaryl/α,β-unsaturated/α-hetero) is 1. The topological polar surface area (TPSA) is 38.8 Å². The normalized spacial score (nSPS) is 21.7. The molecule has 180 valence electrons. The number of ketones is 1. The largest absolute Gasteiger partial charge is 0.496 e. The molecule has 33 heavy (non-hydrogen) atoms. The first-order chi connectivity index (χ1) is 15.6. The number of thioether (sulfide) groups is 1. The minimum atomic E-state index is -4.52. The monoisotopic (exact) mass is 481 g/mol. The summed E-state index contributed by atoms with van der Waals surface area (Å²) in [6.45, 7) is 1.58. The molecule has 0 radical (unpaired) electrons. The molecular formula is C25H30F3NO3S. The predicted octanol–water partition coefficient (Wildman–Crippen LogP) is 5.69. The van der Waals surface area contributed by atoms with Gasteiger partial charge in [0.05, 0.1) is 24.3 Å². The second-order valence-electron chi connectivity index (χ2n) is 8.58. The van der Waals surface area contributed by atoms with Gasteiger partial charge in [0.25, 0.3) is 0 Å². The van der Waals surface area contributed by atoms with Crippen LogP contribution < -0.4 is 4.74 Å². The fraction of sp³-hybridized carbons (Fsp3) is 0.480. The maximum atomic E-state index is 13.4. The Kier molecular flexibility index (Phi) is 8.13. The molecule has 1 fully saturated rings. The molecule has 0 spiro atoms. The van der Waals surface area contributed by atoms with E-state index in [-0.39, 0.29) is 39.9 Å². The summed E-state index contributed by atoms with van der Waals surface area (Å²) >= 11 is 1.12. The molecular weight excluding hydrogens is 451 g/mol. The summed E-state index contributed by atoms with van der Waals surface area (Å²) in [7, 11) is 5.03. The van der Waals surface area contributed by atoms with Crippen LogP contribution >= 0.6 is 11.8 Å². The average molecular weight is 482 g/mol. The SMILES string of the molecule is COc1cc(C(F)(F)F)cc(SC)c1C(=O)CC[C@@]1(c2ccccc2)C[C@H](OC)CN(C)C1. The molecule has 2 atom stereocenters. The number of ether oxygens (including phenoxy) is 2. The van der Waals surface area contributed by atoms with E-state index in [0.717, 1.165) is 49.0 Å². The van der Waals surface area contributed by atoms with Crippen molar-refractivity contribution in [1.82, 2.24) is 4.90 Å². The van der Waals surface area contributed by atoms with Crippen molar-refractivity contribution in [2.45, 2.75) is 41.9 Å². The van der Waals surface area contributed by atoms with Crippen molar-refractivity contribution in [3.63, 3.8) is 0 Å². The number of halogens is 3. The Hall–Kier alpha value is -2.03. The number of hydrogen-bond donors (Lipinski definition) is 0. The molecule has 2 aromatic carbocycles. The Morgan fingerprint density at radius 2 is 1.91 bits per heavy atom. The summed E-state index contributed by atoms with van der Waals surface area (Å²) in [5.41, 5.74) is 0.228. The molecule has 2 aromatic rings. The Balaban J connectivity index is 1.94. The van der Waals surface area contributed by atoms with Gasteiger partial charge in [0.1, 0.15) is 5.75 Å². The second-order valence-corrected chi connectivity index (χ2v) is 9.43. The predicted molar refractivity (Wildman–Crippen MR) is 124 cm³/mol. The van der Waals surface area contributed by atoms with Crippen LogP contribution in [-0.4, -0.2) is 57.4 Å². The summed E-state index contributed by atoms with van der Waals surface area (Å²) in [6, 6.07) is 12.0. The first-order valence-corrected chi connectivity index (χ1v) is 12.0. The van der Waals surface area contributed by atoms with E-state index in [9.17, 15) is 18.0 Å². The number of carbonyl (C=O) groups excluding carboxylic acids is 1. The highest BCUT2D eigenvalue weighted by atomic mass is 32.2. The number of carbonyl (C=O) groups is 1. The number of alkyl halides is 3. The van der Waals surface area contributed by atoms with Crippen LogP contribution in [-0.2, 0) is 16.3 Å². The highest BCUT2D eigenvalue weighted by Gasteiger charge is 2.41. The molecule has 1 saturated heterocycles. The third-order valence-corrected chi connectivity index (χ3v) is 7.13. The van der Waals surface area contributed by atoms with E-state index >= 15 is 0 Å². The molecule has 3 rings (SSSR count). The molecule has 8 heteroatoms. The van der Waals surface area contributed by atoms with Crippen LogP contribution in [0, 0.1) is 0 Å². The van der Waals surface area contributed by atoms with Gasteiger partial charge in [0.2, 0.25) is 0 Å². The van der Waals surface area contributed by atoms with Crippen LogP contribution in [0.3, 0.4) is 0 Å². The van der Waals surface area contributed by atoms with Gasteiger partial charge in [-0.3, -0.25) is 4.79 Å². The van der Waals surface area contributed by atoms with Crippen molar-refractivity contribution < 1.29 is 27.4 Å². The van der Waals surface area contributed by atoms with Crippen LogP contribution in [0.15, 0.2) is 47.4 Å². The zero-order valence-corrected chi connectivity index (χ0v) is 20.2. The fourth-order valence-electron chi connectivity index (χ4n) is 4.81. The summed E-state index contributed by atoms with van der Waals surface area (Å²) in [4.78, 5) is 15.9. The van der Waals surface area contributed by atoms with Gasteiger partial charge in [0, 0.05) is 36.9 Å². The molecule has 4 nitrogen and oxygen atoms in total. The maximum Gasteiger partial charge on any atom is 0.416 e. The molecule has 0 aliphatic carbocycles. The van der Waals surface area contributed by atoms with Gasteiger partial charge in [-0.25, -0.2) is 0 Å². The Bertz CT molecular complexity index is 942. The minimum Gasteiger partial charge on any atom is -0.496 e. The van der Waals surface area contributed by atoms with Gasteiger partial charge >= 0.3 is 6.18 Å². The quantitative estimate of drug-likeness (QED) is 0.358. The zero-order valence-electron chi connectivity index (χ0n) is 19.4. The molecule has 1 aliphatic rings. The van der Waals surface area contributed by atoms with Gasteiger partial charge in [-0.2, -0.15) is 13.2 Å². The van der Waals surface area contributed by atoms with E-state index in [1.54, 1.807) is 13.4 Å². The van der Waals surface area contributed by atoms with Crippen LogP contribution in [0.1, 0.15) is 40.7 Å². The first-order valence-electron chi connectivity index (χ1n) is 10.8. The first kappa shape index (κ1) is 25.6. The van der Waals surface area contributed by atoms with Gasteiger partial charge in [0.15, 0.2) is 5.78 Å². The number of nitrogens with zero attached hydrogens (tertiary/aromatic N) is 1. The molecule has 0 saturated carbocycles. The van der Waals surface area contributed by atoms with E-state index in [1.165, 1.54) is 7.11 Å². The van der Waals surface area contributed by atoms with Gasteiger partial charge in [-0.05, 0) is 43.8 Å². The third kappa shape index (κ3) is 5.73. The van der Waals surface area contributed by atoms with Crippen molar-refractivity contribution in [1.29, 1.82) is 0 Å². The van der Waals surface area contributed by atoms with E-state index in [2.05, 4.69) is 17.0 Å². The number of likely N-dealkylation sites (N-methyl/N-ethyl adjacent to an activating group) is 1. The van der Waals surface area contributed by atoms with E-state index in [1.807, 2.05) is 25.2 Å². The lowest BCUT2D eigenvalue weighted by molar-refractivity contribution is -0.137. The summed E-state index contributed by atoms with van der Waals surface area (Å²) < 4.78 is 50.9. The van der Waals surface area contributed by atoms with Crippen molar-refractivity contribution in [2.75, 3.05) is 40.6 Å². The molecule has 0 N–H and O–H groups in total. The van der Waals surface area contributed by atoms with E-state index in [4.69, 9.17) is 9.47 Å². The van der Waals surface area contributed by atoms with Crippen molar-refractivity contribution in [3.8, 4) is 5.75 Å². The molecule has 0 bridgehead atoms. The lowest BCUT2D eigenvalue weighted by Gasteiger charge is -2.45. The number of likely N-dealkylation sites (tertiary alicyclic amines) is 1. The fourth-order valence-corrected chi connectivity index (χ4v) is 5.47. The van der Waals surface area contributed by atoms with E-state index < -0.39 is 11.7 Å². The number of piperidine rings is 1. The Morgan fingerprint density at radius 1 is 1.21 bits per heavy atom. The summed E-state index contributed by atoms with van der Waals surface area (Å²) in [6.07, 6.45) is -1.31. The average Bonchev–Trinajstić information content (AvgIpc) is 2.81. The van der Waals surface area contributed by atoms with Gasteiger partial charge in [-0.15, -0.1) is 11.8 Å². The maximum absolute atomic E-state index is 13.4. The molecule has 0 aromatic heterocycles. The van der Waals surface area contributed by atoms with Crippen LogP contribution in [0.2, 0.25) is 0 Å². The van der Waals surface area contributed by atoms with Crippen molar-refractivity contribution in [3.05, 3.63) is 59.2 Å². The van der Waals surface area contributed by atoms with Gasteiger partial charge < -0.3 is 14.4 Å². The number of methoxy groups -OCH3 is 2. The molecule has 0 unspecified atom stereocenters. The number of benzene rings is 2. The van der Waals surface area contributed by atoms with Gasteiger partial charge in [-0.1, -0.05) is 30.3 Å². The number of rotatable bonds is 8. The van der Waals surface area contributed by atoms with Crippen LogP contribution in [0.25, 0.3) is 0 Å². The smallest absolute Gasteiger partial charge is 0.416 e.